The summed E-state index contributed by atoms with van der Waals surface area (Å²) in [5, 5.41) is 11.8. The van der Waals surface area contributed by atoms with Crippen LogP contribution in [0.2, 0.25) is 0 Å². The molecule has 0 bridgehead atoms. The summed E-state index contributed by atoms with van der Waals surface area (Å²) in [6.45, 7) is 10.3. The van der Waals surface area contributed by atoms with E-state index in [4.69, 9.17) is 5.11 Å². The SMILES string of the molecule is CCNC(C)(C)C(=O)N(CCC(=O)O)C(C)C. The van der Waals surface area contributed by atoms with Crippen molar-refractivity contribution >= 4 is 11.9 Å². The monoisotopic (exact) mass is 244 g/mol. The van der Waals surface area contributed by atoms with Crippen LogP contribution in [0.1, 0.15) is 41.0 Å². The number of nitrogens with one attached hydrogen (secondary N) is 1. The predicted molar refractivity (Wildman–Crippen MR) is 66.9 cm³/mol. The molecule has 0 aromatic heterocycles. The van der Waals surface area contributed by atoms with Crippen molar-refractivity contribution in [3.8, 4) is 0 Å². The van der Waals surface area contributed by atoms with E-state index in [1.807, 2.05) is 34.6 Å². The normalized spacial score (nSPS) is 11.6. The molecule has 0 fully saturated rings. The van der Waals surface area contributed by atoms with Gasteiger partial charge in [-0.15, -0.1) is 0 Å². The smallest absolute Gasteiger partial charge is 0.305 e. The highest BCUT2D eigenvalue weighted by molar-refractivity contribution is 5.86. The van der Waals surface area contributed by atoms with E-state index in [2.05, 4.69) is 5.32 Å². The number of aliphatic carboxylic acids is 1. The van der Waals surface area contributed by atoms with Crippen molar-refractivity contribution in [3.05, 3.63) is 0 Å². The van der Waals surface area contributed by atoms with Gasteiger partial charge < -0.3 is 15.3 Å². The average molecular weight is 244 g/mol. The number of carboxylic acids is 1. The zero-order valence-electron chi connectivity index (χ0n) is 11.4. The molecule has 0 radical (unpaired) electrons. The summed E-state index contributed by atoms with van der Waals surface area (Å²) in [5.74, 6) is -0.944. The van der Waals surface area contributed by atoms with E-state index in [-0.39, 0.29) is 24.9 Å². The lowest BCUT2D eigenvalue weighted by atomic mass is 10.0. The van der Waals surface area contributed by atoms with Crippen LogP contribution in [0, 0.1) is 0 Å². The predicted octanol–water partition coefficient (Wildman–Crippen LogP) is 1.09. The Hall–Kier alpha value is -1.10. The van der Waals surface area contributed by atoms with Crippen molar-refractivity contribution in [2.75, 3.05) is 13.1 Å². The Labute approximate surface area is 103 Å². The number of hydrogen-bond acceptors (Lipinski definition) is 3. The first-order valence-electron chi connectivity index (χ1n) is 6.00. The highest BCUT2D eigenvalue weighted by atomic mass is 16.4. The first-order valence-corrected chi connectivity index (χ1v) is 6.00. The average Bonchev–Trinajstić information content (AvgIpc) is 2.16. The van der Waals surface area contributed by atoms with Crippen LogP contribution in [0.3, 0.4) is 0 Å². The Bertz CT molecular complexity index is 275. The second kappa shape index (κ2) is 6.59. The maximum atomic E-state index is 12.3. The van der Waals surface area contributed by atoms with Crippen LogP contribution in [0.4, 0.5) is 0 Å². The lowest BCUT2D eigenvalue weighted by Crippen LogP contribution is -2.56. The van der Waals surface area contributed by atoms with Crippen LogP contribution in [0.25, 0.3) is 0 Å². The van der Waals surface area contributed by atoms with Gasteiger partial charge in [0.2, 0.25) is 5.91 Å². The Balaban J connectivity index is 4.70. The van der Waals surface area contributed by atoms with Crippen LogP contribution >= 0.6 is 0 Å². The summed E-state index contributed by atoms with van der Waals surface area (Å²) < 4.78 is 0. The van der Waals surface area contributed by atoms with Crippen LogP contribution in [-0.4, -0.2) is 46.6 Å². The van der Waals surface area contributed by atoms with Gasteiger partial charge in [0.25, 0.3) is 0 Å². The molecule has 17 heavy (non-hydrogen) atoms. The zero-order chi connectivity index (χ0) is 13.6. The number of carboxylic acid groups (broad SMARTS) is 1. The molecule has 0 aliphatic rings. The van der Waals surface area contributed by atoms with Crippen molar-refractivity contribution < 1.29 is 14.7 Å². The number of hydrogen-bond donors (Lipinski definition) is 2. The molecule has 0 aromatic rings. The van der Waals surface area contributed by atoms with Gasteiger partial charge in [0.1, 0.15) is 0 Å². The van der Waals surface area contributed by atoms with E-state index in [0.29, 0.717) is 6.54 Å². The number of carbonyl (C=O) groups is 2. The van der Waals surface area contributed by atoms with E-state index in [9.17, 15) is 9.59 Å². The van der Waals surface area contributed by atoms with E-state index in [0.717, 1.165) is 0 Å². The van der Waals surface area contributed by atoms with Crippen LogP contribution in [0.15, 0.2) is 0 Å². The van der Waals surface area contributed by atoms with Gasteiger partial charge in [-0.25, -0.2) is 0 Å². The minimum atomic E-state index is -0.885. The first-order chi connectivity index (χ1) is 7.72. The van der Waals surface area contributed by atoms with Crippen molar-refractivity contribution in [3.63, 3.8) is 0 Å². The summed E-state index contributed by atoms with van der Waals surface area (Å²) in [6.07, 6.45) is -0.0217. The molecule has 0 atom stereocenters. The number of rotatable bonds is 7. The molecular formula is C12H24N2O3. The molecule has 5 nitrogen and oxygen atoms in total. The second-order valence-electron chi connectivity index (χ2n) is 4.89. The Morgan fingerprint density at radius 3 is 2.24 bits per heavy atom. The fourth-order valence-electron chi connectivity index (χ4n) is 1.69. The molecule has 0 rings (SSSR count). The topological polar surface area (TPSA) is 69.6 Å². The lowest BCUT2D eigenvalue weighted by Gasteiger charge is -2.34. The molecule has 5 heteroatoms. The number of likely N-dealkylation sites (N-methyl/N-ethyl adjacent to an activating group) is 1. The molecule has 1 amide bonds. The maximum absolute atomic E-state index is 12.3. The van der Waals surface area contributed by atoms with Crippen LogP contribution in [-0.2, 0) is 9.59 Å². The Morgan fingerprint density at radius 1 is 1.35 bits per heavy atom. The molecule has 0 aliphatic carbocycles. The van der Waals surface area contributed by atoms with Gasteiger partial charge in [0.05, 0.1) is 12.0 Å². The highest BCUT2D eigenvalue weighted by Crippen LogP contribution is 2.11. The van der Waals surface area contributed by atoms with Crippen molar-refractivity contribution in [1.82, 2.24) is 10.2 Å². The van der Waals surface area contributed by atoms with Gasteiger partial charge in [-0.05, 0) is 34.2 Å². The molecular weight excluding hydrogens is 220 g/mol. The van der Waals surface area contributed by atoms with Gasteiger partial charge in [0, 0.05) is 12.6 Å². The zero-order valence-corrected chi connectivity index (χ0v) is 11.4. The van der Waals surface area contributed by atoms with E-state index >= 15 is 0 Å². The maximum Gasteiger partial charge on any atom is 0.305 e. The minimum Gasteiger partial charge on any atom is -0.481 e. The summed E-state index contributed by atoms with van der Waals surface area (Å²) in [5.41, 5.74) is -0.655. The summed E-state index contributed by atoms with van der Waals surface area (Å²) in [4.78, 5) is 24.5. The van der Waals surface area contributed by atoms with Crippen LogP contribution < -0.4 is 5.32 Å². The third-order valence-corrected chi connectivity index (χ3v) is 2.60. The number of nitrogens with zero attached hydrogens (tertiary/aromatic N) is 1. The Morgan fingerprint density at radius 2 is 1.88 bits per heavy atom. The quantitative estimate of drug-likeness (QED) is 0.703. The largest absolute Gasteiger partial charge is 0.481 e. The van der Waals surface area contributed by atoms with Crippen molar-refractivity contribution in [2.24, 2.45) is 0 Å². The van der Waals surface area contributed by atoms with Gasteiger partial charge in [-0.1, -0.05) is 6.92 Å². The first kappa shape index (κ1) is 15.9. The molecule has 0 unspecified atom stereocenters. The molecule has 0 aliphatic heterocycles. The summed E-state index contributed by atoms with van der Waals surface area (Å²) in [7, 11) is 0. The molecule has 0 aromatic carbocycles. The minimum absolute atomic E-state index is 0.000203. The molecule has 2 N–H and O–H groups in total. The molecule has 100 valence electrons. The molecule has 0 saturated carbocycles. The summed E-state index contributed by atoms with van der Waals surface area (Å²) >= 11 is 0. The number of amides is 1. The van der Waals surface area contributed by atoms with Crippen molar-refractivity contribution in [2.45, 2.75) is 52.6 Å². The number of carbonyl (C=O) groups excluding carboxylic acids is 1. The Kier molecular flexibility index (Phi) is 6.16. The van der Waals surface area contributed by atoms with Crippen molar-refractivity contribution in [1.29, 1.82) is 0 Å². The summed E-state index contributed by atoms with van der Waals surface area (Å²) in [6, 6.07) is -0.000203. The van der Waals surface area contributed by atoms with E-state index < -0.39 is 11.5 Å². The van der Waals surface area contributed by atoms with Gasteiger partial charge in [-0.2, -0.15) is 0 Å². The van der Waals surface area contributed by atoms with Gasteiger partial charge >= 0.3 is 5.97 Å². The lowest BCUT2D eigenvalue weighted by molar-refractivity contribution is -0.141. The standard InChI is InChI=1S/C12H24N2O3/c1-6-13-12(4,5)11(17)14(9(2)3)8-7-10(15)16/h9,13H,6-8H2,1-5H3,(H,15,16). The van der Waals surface area contributed by atoms with Gasteiger partial charge in [-0.3, -0.25) is 9.59 Å². The van der Waals surface area contributed by atoms with Gasteiger partial charge in [0.15, 0.2) is 0 Å². The van der Waals surface area contributed by atoms with E-state index in [1.165, 1.54) is 0 Å². The molecule has 0 saturated heterocycles. The third kappa shape index (κ3) is 5.17. The fraction of sp³-hybridized carbons (Fsp3) is 0.833. The molecule has 0 heterocycles. The second-order valence-corrected chi connectivity index (χ2v) is 4.89. The van der Waals surface area contributed by atoms with Crippen LogP contribution in [0.5, 0.6) is 0 Å². The fourth-order valence-corrected chi connectivity index (χ4v) is 1.69. The highest BCUT2D eigenvalue weighted by Gasteiger charge is 2.32. The van der Waals surface area contributed by atoms with E-state index in [1.54, 1.807) is 4.90 Å². The third-order valence-electron chi connectivity index (χ3n) is 2.60. The molecule has 0 spiro atoms.